The van der Waals surface area contributed by atoms with Gasteiger partial charge in [-0.2, -0.15) is 0 Å². The van der Waals surface area contributed by atoms with Crippen LogP contribution >= 0.6 is 0 Å². The number of aromatic nitrogens is 3. The maximum absolute atomic E-state index is 13.1. The zero-order valence-electron chi connectivity index (χ0n) is 15.7. The predicted molar refractivity (Wildman–Crippen MR) is 109 cm³/mol. The van der Waals surface area contributed by atoms with Gasteiger partial charge >= 0.3 is 5.82 Å². The number of nitro groups is 1. The van der Waals surface area contributed by atoms with Crippen molar-refractivity contribution in [3.63, 3.8) is 0 Å². The van der Waals surface area contributed by atoms with Gasteiger partial charge < -0.3 is 9.71 Å². The third kappa shape index (κ3) is 3.67. The number of benzene rings is 2. The fourth-order valence-corrected chi connectivity index (χ4v) is 4.09. The van der Waals surface area contributed by atoms with Gasteiger partial charge in [0.1, 0.15) is 0 Å². The van der Waals surface area contributed by atoms with Crippen molar-refractivity contribution >= 4 is 32.6 Å². The van der Waals surface area contributed by atoms with E-state index < -0.39 is 14.9 Å². The number of rotatable bonds is 5. The molecule has 0 aliphatic carbocycles. The normalized spacial score (nSPS) is 11.4. The molecular weight excluding hydrogens is 406 g/mol. The van der Waals surface area contributed by atoms with E-state index in [-0.39, 0.29) is 22.2 Å². The van der Waals surface area contributed by atoms with Gasteiger partial charge in [-0.05, 0) is 35.7 Å². The first-order valence-electron chi connectivity index (χ1n) is 8.82. The molecule has 0 bridgehead atoms. The first-order valence-corrected chi connectivity index (χ1v) is 10.3. The van der Waals surface area contributed by atoms with Crippen molar-refractivity contribution in [1.82, 2.24) is 9.97 Å². The number of pyridine rings is 1. The predicted octanol–water partition coefficient (Wildman–Crippen LogP) is 3.52. The lowest BCUT2D eigenvalue weighted by Crippen LogP contribution is -2.31. The molecule has 0 saturated carbocycles. The van der Waals surface area contributed by atoms with Gasteiger partial charge in [0.25, 0.3) is 5.69 Å². The second kappa shape index (κ2) is 7.48. The average molecular weight is 421 g/mol. The number of non-ortho nitro benzene ring substituents is 1. The van der Waals surface area contributed by atoms with E-state index in [0.717, 1.165) is 6.07 Å². The summed E-state index contributed by atoms with van der Waals surface area (Å²) < 4.78 is 31.6. The summed E-state index contributed by atoms with van der Waals surface area (Å²) in [6.45, 7) is 1.55. The molecule has 30 heavy (non-hydrogen) atoms. The highest BCUT2D eigenvalue weighted by molar-refractivity contribution is 7.94. The second-order valence-electron chi connectivity index (χ2n) is 6.42. The minimum absolute atomic E-state index is 0.115. The van der Waals surface area contributed by atoms with Crippen LogP contribution in [0.15, 0.2) is 78.0 Å². The molecule has 150 valence electrons. The zero-order chi connectivity index (χ0) is 21.3. The standard InChI is InChI=1S/C20H15N5O4S/c1-14-9-10-15(25(26)27)13-18(14)30(28,29)23-19-20(24-11-5-2-6-12-24)22-17-8-4-3-7-16(17)21-19/h2-13H,1H3. The Bertz CT molecular complexity index is 1370. The molecule has 0 aliphatic heterocycles. The minimum Gasteiger partial charge on any atom is -0.425 e. The quantitative estimate of drug-likeness (QED) is 0.276. The lowest BCUT2D eigenvalue weighted by atomic mass is 10.2. The van der Waals surface area contributed by atoms with Crippen LogP contribution in [0.3, 0.4) is 0 Å². The summed E-state index contributed by atoms with van der Waals surface area (Å²) in [7, 11) is -4.29. The lowest BCUT2D eigenvalue weighted by Gasteiger charge is -2.17. The van der Waals surface area contributed by atoms with Crippen LogP contribution in [-0.4, -0.2) is 23.3 Å². The molecule has 0 atom stereocenters. The fraction of sp³-hybridized carbons (Fsp3) is 0.0500. The summed E-state index contributed by atoms with van der Waals surface area (Å²) in [6, 6.07) is 16.0. The number of aryl methyl sites for hydroxylation is 1. The molecule has 9 nitrogen and oxygen atoms in total. The highest BCUT2D eigenvalue weighted by Crippen LogP contribution is 2.33. The largest absolute Gasteiger partial charge is 0.425 e. The van der Waals surface area contributed by atoms with Gasteiger partial charge in [-0.15, -0.1) is 0 Å². The van der Waals surface area contributed by atoms with E-state index >= 15 is 0 Å². The molecule has 0 N–H and O–H groups in total. The van der Waals surface area contributed by atoms with Crippen LogP contribution in [0, 0.1) is 17.0 Å². The lowest BCUT2D eigenvalue weighted by molar-refractivity contribution is -0.598. The Hall–Kier alpha value is -3.92. The van der Waals surface area contributed by atoms with Gasteiger partial charge in [-0.1, -0.05) is 30.3 Å². The number of fused-ring (bicyclic) bond motifs is 1. The van der Waals surface area contributed by atoms with Crippen molar-refractivity contribution in [2.75, 3.05) is 0 Å². The third-order valence-corrected chi connectivity index (χ3v) is 5.77. The second-order valence-corrected chi connectivity index (χ2v) is 7.99. The summed E-state index contributed by atoms with van der Waals surface area (Å²) in [5, 5.41) is 11.1. The Morgan fingerprint density at radius 2 is 1.63 bits per heavy atom. The van der Waals surface area contributed by atoms with Crippen molar-refractivity contribution in [3.05, 3.63) is 93.5 Å². The Balaban J connectivity index is 1.87. The van der Waals surface area contributed by atoms with E-state index in [9.17, 15) is 18.5 Å². The van der Waals surface area contributed by atoms with Crippen LogP contribution in [0.2, 0.25) is 0 Å². The summed E-state index contributed by atoms with van der Waals surface area (Å²) in [5.41, 5.74) is 1.05. The van der Waals surface area contributed by atoms with E-state index in [4.69, 9.17) is 0 Å². The molecule has 0 amide bonds. The van der Waals surface area contributed by atoms with Gasteiger partial charge in [-0.25, -0.2) is 13.0 Å². The van der Waals surface area contributed by atoms with E-state index in [2.05, 4.69) is 14.7 Å². The first kappa shape index (κ1) is 19.4. The van der Waals surface area contributed by atoms with Gasteiger partial charge in [-0.3, -0.25) is 10.1 Å². The summed E-state index contributed by atoms with van der Waals surface area (Å²) in [4.78, 5) is 19.1. The molecule has 0 unspecified atom stereocenters. The van der Waals surface area contributed by atoms with Crippen LogP contribution < -0.4 is 4.57 Å². The first-order chi connectivity index (χ1) is 14.3. The fourth-order valence-electron chi connectivity index (χ4n) is 2.90. The van der Waals surface area contributed by atoms with Crippen LogP contribution in [0.4, 0.5) is 11.5 Å². The van der Waals surface area contributed by atoms with Gasteiger partial charge in [0.05, 0.1) is 22.2 Å². The van der Waals surface area contributed by atoms with E-state index in [1.54, 1.807) is 60.3 Å². The molecule has 0 radical (unpaired) electrons. The molecule has 4 rings (SSSR count). The molecule has 0 aliphatic rings. The van der Waals surface area contributed by atoms with Crippen LogP contribution in [-0.2, 0) is 10.0 Å². The molecule has 0 fully saturated rings. The number of hydrogen-bond acceptors (Lipinski definition) is 6. The Kier molecular flexibility index (Phi) is 4.84. The summed E-state index contributed by atoms with van der Waals surface area (Å²) in [6.07, 6.45) is 3.39. The number of nitrogens with zero attached hydrogens (tertiary/aromatic N) is 5. The Morgan fingerprint density at radius 1 is 0.967 bits per heavy atom. The molecule has 0 spiro atoms. The van der Waals surface area contributed by atoms with Gasteiger partial charge in [0.2, 0.25) is 10.0 Å². The highest BCUT2D eigenvalue weighted by Gasteiger charge is 2.21. The topological polar surface area (TPSA) is 121 Å². The van der Waals surface area contributed by atoms with Crippen molar-refractivity contribution in [1.29, 1.82) is 0 Å². The molecule has 10 heteroatoms. The van der Waals surface area contributed by atoms with E-state index in [0.29, 0.717) is 16.6 Å². The molecule has 2 aromatic carbocycles. The summed E-state index contributed by atoms with van der Waals surface area (Å²) >= 11 is 0. The number of hydrogen-bond donors (Lipinski definition) is 0. The maximum atomic E-state index is 13.1. The molecule has 2 aromatic heterocycles. The Morgan fingerprint density at radius 3 is 2.30 bits per heavy atom. The van der Waals surface area contributed by atoms with Crippen LogP contribution in [0.1, 0.15) is 5.56 Å². The monoisotopic (exact) mass is 421 g/mol. The average Bonchev–Trinajstić information content (AvgIpc) is 2.73. The molecular formula is C20H15N5O4S. The SMILES string of the molecule is Cc1ccc([N+](=O)[O-])cc1S(=O)(=O)[N-]c1nc2ccccc2nc1-[n+]1ccccc1. The van der Waals surface area contributed by atoms with Crippen molar-refractivity contribution in [2.45, 2.75) is 11.8 Å². The van der Waals surface area contributed by atoms with Crippen molar-refractivity contribution < 1.29 is 17.9 Å². The zero-order valence-corrected chi connectivity index (χ0v) is 16.5. The molecule has 0 saturated heterocycles. The van der Waals surface area contributed by atoms with Crippen molar-refractivity contribution in [3.8, 4) is 5.82 Å². The molecule has 2 heterocycles. The summed E-state index contributed by atoms with van der Waals surface area (Å²) in [5.74, 6) is 0.108. The maximum Gasteiger partial charge on any atom is 0.327 e. The van der Waals surface area contributed by atoms with E-state index in [1.165, 1.54) is 12.1 Å². The molecule has 4 aromatic rings. The van der Waals surface area contributed by atoms with Crippen LogP contribution in [0.5, 0.6) is 0 Å². The van der Waals surface area contributed by atoms with Crippen molar-refractivity contribution in [2.24, 2.45) is 0 Å². The highest BCUT2D eigenvalue weighted by atomic mass is 32.2. The van der Waals surface area contributed by atoms with Crippen LogP contribution in [0.25, 0.3) is 21.6 Å². The van der Waals surface area contributed by atoms with Gasteiger partial charge in [0.15, 0.2) is 5.52 Å². The number of nitro benzene ring substituents is 1. The van der Waals surface area contributed by atoms with E-state index in [1.807, 2.05) is 6.07 Å². The van der Waals surface area contributed by atoms with Gasteiger partial charge in [0, 0.05) is 23.5 Å². The number of para-hydroxylation sites is 2. The third-order valence-electron chi connectivity index (χ3n) is 4.36. The smallest absolute Gasteiger partial charge is 0.327 e. The Labute approximate surface area is 171 Å². The minimum atomic E-state index is -4.29. The number of sulfonamides is 1.